The monoisotopic (exact) mass is 451 g/mol. The van der Waals surface area contributed by atoms with Crippen molar-refractivity contribution in [1.82, 2.24) is 25.1 Å². The minimum atomic E-state index is -0.647. The molecule has 0 spiro atoms. The number of rotatable bonds is 7. The van der Waals surface area contributed by atoms with Crippen LogP contribution in [0.1, 0.15) is 43.1 Å². The molecule has 0 bridgehead atoms. The predicted molar refractivity (Wildman–Crippen MR) is 117 cm³/mol. The van der Waals surface area contributed by atoms with Crippen LogP contribution in [-0.2, 0) is 0 Å². The first kappa shape index (κ1) is 20.9. The average Bonchev–Trinajstić information content (AvgIpc) is 3.53. The number of hydrogen-bond acceptors (Lipinski definition) is 6. The van der Waals surface area contributed by atoms with E-state index in [4.69, 9.17) is 0 Å². The van der Waals surface area contributed by atoms with Crippen molar-refractivity contribution in [3.05, 3.63) is 77.4 Å². The Morgan fingerprint density at radius 3 is 2.48 bits per heavy atom. The topological polar surface area (TPSA) is 91.4 Å². The van der Waals surface area contributed by atoms with Gasteiger partial charge in [-0.25, -0.2) is 13.2 Å². The van der Waals surface area contributed by atoms with E-state index in [1.54, 1.807) is 25.1 Å². The summed E-state index contributed by atoms with van der Waals surface area (Å²) >= 11 is 0. The first-order valence-electron chi connectivity index (χ1n) is 10.5. The van der Waals surface area contributed by atoms with Crippen molar-refractivity contribution < 1.29 is 13.2 Å². The lowest BCUT2D eigenvalue weighted by Crippen LogP contribution is -2.14. The Labute approximate surface area is 187 Å². The Morgan fingerprint density at radius 1 is 0.939 bits per heavy atom. The maximum Gasteiger partial charge on any atom is 0.233 e. The van der Waals surface area contributed by atoms with Crippen LogP contribution >= 0.6 is 0 Å². The summed E-state index contributed by atoms with van der Waals surface area (Å²) in [5.41, 5.74) is 1.58. The molecule has 2 aromatic heterocycles. The first-order valence-corrected chi connectivity index (χ1v) is 10.5. The number of halogens is 3. The van der Waals surface area contributed by atoms with E-state index in [0.717, 1.165) is 18.9 Å². The molecule has 5 rings (SSSR count). The average molecular weight is 451 g/mol. The molecule has 1 aliphatic rings. The summed E-state index contributed by atoms with van der Waals surface area (Å²) < 4.78 is 40.9. The minimum Gasteiger partial charge on any atom is -0.347 e. The van der Waals surface area contributed by atoms with Crippen LogP contribution in [0.15, 0.2) is 48.5 Å². The number of hydrogen-bond donors (Lipinski definition) is 3. The summed E-state index contributed by atoms with van der Waals surface area (Å²) in [4.78, 5) is 13.4. The lowest BCUT2D eigenvalue weighted by atomic mass is 10.1. The fourth-order valence-electron chi connectivity index (χ4n) is 3.47. The largest absolute Gasteiger partial charge is 0.347 e. The van der Waals surface area contributed by atoms with E-state index < -0.39 is 17.7 Å². The van der Waals surface area contributed by atoms with E-state index in [1.165, 1.54) is 24.3 Å². The molecule has 168 valence electrons. The van der Waals surface area contributed by atoms with Gasteiger partial charge in [0.25, 0.3) is 0 Å². The van der Waals surface area contributed by atoms with Crippen LogP contribution in [0.4, 0.5) is 30.9 Å². The second kappa shape index (κ2) is 8.53. The normalized spacial score (nSPS) is 14.2. The maximum atomic E-state index is 14.2. The van der Waals surface area contributed by atoms with Crippen molar-refractivity contribution >= 4 is 17.7 Å². The summed E-state index contributed by atoms with van der Waals surface area (Å²) in [6.07, 6.45) is 1.97. The van der Waals surface area contributed by atoms with E-state index in [0.29, 0.717) is 28.5 Å². The number of nitrogens with one attached hydrogen (secondary N) is 3. The SMILES string of the molecule is CC(Nc1nc(Nc2cc(-c3cccc(F)c3)[nH]n2)nc(C2CC2)n1)c1ccc(F)cc1F. The molecule has 0 radical (unpaired) electrons. The second-order valence-corrected chi connectivity index (χ2v) is 7.95. The Kier molecular flexibility index (Phi) is 5.41. The van der Waals surface area contributed by atoms with Gasteiger partial charge >= 0.3 is 0 Å². The highest BCUT2D eigenvalue weighted by atomic mass is 19.1. The van der Waals surface area contributed by atoms with Gasteiger partial charge in [0.15, 0.2) is 5.82 Å². The molecule has 0 saturated heterocycles. The molecule has 1 saturated carbocycles. The summed E-state index contributed by atoms with van der Waals surface area (Å²) in [6.45, 7) is 1.74. The van der Waals surface area contributed by atoms with E-state index in [-0.39, 0.29) is 23.6 Å². The molecule has 3 N–H and O–H groups in total. The Bertz CT molecular complexity index is 1300. The number of H-pyrrole nitrogens is 1. The van der Waals surface area contributed by atoms with Gasteiger partial charge in [-0.15, -0.1) is 0 Å². The van der Waals surface area contributed by atoms with Crippen molar-refractivity contribution in [3.63, 3.8) is 0 Å². The van der Waals surface area contributed by atoms with Crippen LogP contribution in [0.3, 0.4) is 0 Å². The van der Waals surface area contributed by atoms with Gasteiger partial charge < -0.3 is 10.6 Å². The van der Waals surface area contributed by atoms with Gasteiger partial charge in [-0.2, -0.15) is 20.1 Å². The quantitative estimate of drug-likeness (QED) is 0.345. The van der Waals surface area contributed by atoms with Gasteiger partial charge in [0, 0.05) is 29.2 Å². The summed E-state index contributed by atoms with van der Waals surface area (Å²) in [7, 11) is 0. The highest BCUT2D eigenvalue weighted by Crippen LogP contribution is 2.39. The molecule has 7 nitrogen and oxygen atoms in total. The zero-order valence-electron chi connectivity index (χ0n) is 17.6. The van der Waals surface area contributed by atoms with E-state index in [1.807, 2.05) is 0 Å². The molecule has 1 aliphatic carbocycles. The molecule has 1 fully saturated rings. The third-order valence-corrected chi connectivity index (χ3v) is 5.32. The smallest absolute Gasteiger partial charge is 0.233 e. The van der Waals surface area contributed by atoms with Crippen LogP contribution in [0.2, 0.25) is 0 Å². The standard InChI is InChI=1S/C23H20F3N7/c1-12(17-8-7-16(25)10-18(17)26)27-22-29-21(13-5-6-13)30-23(31-22)28-20-11-19(32-33-20)14-3-2-4-15(24)9-14/h2-4,7-13H,5-6H2,1H3,(H3,27,28,29,30,31,32,33). The van der Waals surface area contributed by atoms with Crippen LogP contribution < -0.4 is 10.6 Å². The van der Waals surface area contributed by atoms with E-state index in [2.05, 4.69) is 35.8 Å². The number of aromatic nitrogens is 5. The zero-order valence-corrected chi connectivity index (χ0v) is 17.6. The third kappa shape index (κ3) is 4.79. The molecule has 4 aromatic rings. The third-order valence-electron chi connectivity index (χ3n) is 5.32. The summed E-state index contributed by atoms with van der Waals surface area (Å²) in [6, 6.07) is 10.8. The van der Waals surface area contributed by atoms with Crippen molar-refractivity contribution in [1.29, 1.82) is 0 Å². The highest BCUT2D eigenvalue weighted by Gasteiger charge is 2.28. The van der Waals surface area contributed by atoms with Crippen LogP contribution in [0.5, 0.6) is 0 Å². The van der Waals surface area contributed by atoms with Crippen molar-refractivity contribution in [2.45, 2.75) is 31.7 Å². The minimum absolute atomic E-state index is 0.244. The Morgan fingerprint density at radius 2 is 1.73 bits per heavy atom. The lowest BCUT2D eigenvalue weighted by Gasteiger charge is -2.16. The fourth-order valence-corrected chi connectivity index (χ4v) is 3.47. The fraction of sp³-hybridized carbons (Fsp3) is 0.217. The van der Waals surface area contributed by atoms with Gasteiger partial charge in [-0.1, -0.05) is 18.2 Å². The lowest BCUT2D eigenvalue weighted by molar-refractivity contribution is 0.566. The van der Waals surface area contributed by atoms with Crippen LogP contribution in [-0.4, -0.2) is 25.1 Å². The van der Waals surface area contributed by atoms with Gasteiger partial charge in [0.05, 0.1) is 11.7 Å². The molecule has 1 atom stereocenters. The van der Waals surface area contributed by atoms with E-state index >= 15 is 0 Å². The van der Waals surface area contributed by atoms with Crippen molar-refractivity contribution in [2.75, 3.05) is 10.6 Å². The maximum absolute atomic E-state index is 14.2. The number of nitrogens with zero attached hydrogens (tertiary/aromatic N) is 4. The van der Waals surface area contributed by atoms with Gasteiger partial charge in [0.1, 0.15) is 23.3 Å². The van der Waals surface area contributed by atoms with Gasteiger partial charge in [0.2, 0.25) is 11.9 Å². The van der Waals surface area contributed by atoms with Gasteiger partial charge in [-0.05, 0) is 38.0 Å². The van der Waals surface area contributed by atoms with E-state index in [9.17, 15) is 13.2 Å². The molecular formula is C23H20F3N7. The molecule has 33 heavy (non-hydrogen) atoms. The number of benzene rings is 2. The Balaban J connectivity index is 1.38. The molecule has 2 aromatic carbocycles. The highest BCUT2D eigenvalue weighted by molar-refractivity contribution is 5.64. The number of aromatic amines is 1. The molecule has 2 heterocycles. The predicted octanol–water partition coefficient (Wildman–Crippen LogP) is 5.47. The van der Waals surface area contributed by atoms with Crippen LogP contribution in [0.25, 0.3) is 11.3 Å². The second-order valence-electron chi connectivity index (χ2n) is 7.95. The molecule has 10 heteroatoms. The van der Waals surface area contributed by atoms with Gasteiger partial charge in [-0.3, -0.25) is 5.10 Å². The summed E-state index contributed by atoms with van der Waals surface area (Å²) in [5.74, 6) is 0.243. The zero-order chi connectivity index (χ0) is 22.9. The first-order chi connectivity index (χ1) is 15.9. The molecule has 0 aliphatic heterocycles. The number of anilines is 3. The van der Waals surface area contributed by atoms with Crippen molar-refractivity contribution in [2.24, 2.45) is 0 Å². The Hall–Kier alpha value is -3.95. The molecular weight excluding hydrogens is 431 g/mol. The molecule has 1 unspecified atom stereocenters. The summed E-state index contributed by atoms with van der Waals surface area (Å²) in [5, 5.41) is 13.2. The van der Waals surface area contributed by atoms with Crippen molar-refractivity contribution in [3.8, 4) is 11.3 Å². The molecule has 0 amide bonds. The van der Waals surface area contributed by atoms with Crippen LogP contribution in [0, 0.1) is 17.5 Å².